The van der Waals surface area contributed by atoms with Crippen LogP contribution >= 0.6 is 23.1 Å². The number of nitrogens with one attached hydrogen (secondary N) is 1. The summed E-state index contributed by atoms with van der Waals surface area (Å²) in [5.41, 5.74) is 1.05. The summed E-state index contributed by atoms with van der Waals surface area (Å²) < 4.78 is 11.1. The van der Waals surface area contributed by atoms with E-state index in [4.69, 9.17) is 9.47 Å². The summed E-state index contributed by atoms with van der Waals surface area (Å²) in [4.78, 5) is 52.1. The third kappa shape index (κ3) is 5.18. The lowest BCUT2D eigenvalue weighted by molar-refractivity contribution is -0.384. The van der Waals surface area contributed by atoms with Gasteiger partial charge in [0.05, 0.1) is 16.2 Å². The van der Waals surface area contributed by atoms with Crippen molar-refractivity contribution in [3.8, 4) is 5.75 Å². The molecule has 0 fully saturated rings. The lowest BCUT2D eigenvalue weighted by Gasteiger charge is -2.18. The Morgan fingerprint density at radius 2 is 2.12 bits per heavy atom. The molecule has 0 saturated carbocycles. The van der Waals surface area contributed by atoms with E-state index in [2.05, 4.69) is 10.3 Å². The van der Waals surface area contributed by atoms with Gasteiger partial charge in [-0.1, -0.05) is 11.8 Å². The van der Waals surface area contributed by atoms with Gasteiger partial charge in [0.25, 0.3) is 11.6 Å². The molecule has 1 aliphatic rings. The van der Waals surface area contributed by atoms with Crippen LogP contribution < -0.4 is 10.1 Å². The molecular weight excluding hydrogens is 470 g/mol. The maximum absolute atomic E-state index is 12.7. The number of nitrogens with zero attached hydrogens (tertiary/aromatic N) is 2. The van der Waals surface area contributed by atoms with Crippen LogP contribution in [0.25, 0.3) is 0 Å². The molecule has 0 radical (unpaired) electrons. The van der Waals surface area contributed by atoms with Gasteiger partial charge in [-0.25, -0.2) is 9.78 Å². The van der Waals surface area contributed by atoms with Crippen molar-refractivity contribution < 1.29 is 28.8 Å². The molecule has 12 heteroatoms. The number of anilines is 1. The number of amides is 1. The zero-order chi connectivity index (χ0) is 23.5. The number of Topliss-reactive ketones (excluding diaryl/α,β-unsaturated/α-hetero) is 1. The zero-order valence-corrected chi connectivity index (χ0v) is 18.7. The minimum Gasteiger partial charge on any atom is -0.482 e. The van der Waals surface area contributed by atoms with Gasteiger partial charge in [-0.2, -0.15) is 0 Å². The summed E-state index contributed by atoms with van der Waals surface area (Å²) >= 11 is 2.55. The number of hydrogen-bond donors (Lipinski definition) is 1. The van der Waals surface area contributed by atoms with Crippen LogP contribution in [0.4, 0.5) is 11.4 Å². The number of ether oxygens (including phenoxy) is 2. The molecule has 0 saturated heterocycles. The third-order valence-corrected chi connectivity index (χ3v) is 6.59. The van der Waals surface area contributed by atoms with Crippen LogP contribution in [0.5, 0.6) is 5.75 Å². The van der Waals surface area contributed by atoms with E-state index in [1.165, 1.54) is 53.4 Å². The molecule has 0 bridgehead atoms. The zero-order valence-electron chi connectivity index (χ0n) is 17.0. The third-order valence-electron chi connectivity index (χ3n) is 4.46. The molecule has 0 spiro atoms. The Kier molecular flexibility index (Phi) is 6.38. The van der Waals surface area contributed by atoms with E-state index in [0.717, 1.165) is 11.8 Å². The second-order valence-electron chi connectivity index (χ2n) is 6.84. The smallest absolute Gasteiger partial charge is 0.339 e. The first-order valence-electron chi connectivity index (χ1n) is 9.45. The van der Waals surface area contributed by atoms with Crippen molar-refractivity contribution in [3.63, 3.8) is 0 Å². The second kappa shape index (κ2) is 9.38. The van der Waals surface area contributed by atoms with Gasteiger partial charge >= 0.3 is 5.97 Å². The summed E-state index contributed by atoms with van der Waals surface area (Å²) in [6, 6.07) is 8.31. The summed E-state index contributed by atoms with van der Waals surface area (Å²) in [6.45, 7) is 1.13. The van der Waals surface area contributed by atoms with Crippen molar-refractivity contribution in [2.24, 2.45) is 0 Å². The minimum absolute atomic E-state index is 0.0408. The highest BCUT2D eigenvalue weighted by Crippen LogP contribution is 2.35. The number of aromatic nitrogens is 1. The number of rotatable bonds is 7. The predicted octanol–water partition coefficient (Wildman–Crippen LogP) is 3.88. The molecule has 1 N–H and O–H groups in total. The number of benzene rings is 2. The molecule has 168 valence electrons. The van der Waals surface area contributed by atoms with Crippen LogP contribution in [0.2, 0.25) is 0 Å². The van der Waals surface area contributed by atoms with Gasteiger partial charge in [0.15, 0.2) is 23.3 Å². The molecule has 33 heavy (non-hydrogen) atoms. The van der Waals surface area contributed by atoms with Gasteiger partial charge in [-0.15, -0.1) is 11.3 Å². The maximum Gasteiger partial charge on any atom is 0.339 e. The lowest BCUT2D eigenvalue weighted by Crippen LogP contribution is -2.25. The minimum atomic E-state index is -0.877. The first-order valence-corrected chi connectivity index (χ1v) is 11.2. The molecule has 2 aromatic carbocycles. The summed E-state index contributed by atoms with van der Waals surface area (Å²) in [7, 11) is 0. The first kappa shape index (κ1) is 22.4. The van der Waals surface area contributed by atoms with Crippen LogP contribution in [0.15, 0.2) is 51.0 Å². The number of carbonyl (C=O) groups excluding carboxylic acids is 3. The Hall–Kier alpha value is -3.77. The number of esters is 1. The molecule has 0 atom stereocenters. The largest absolute Gasteiger partial charge is 0.482 e. The Labute approximate surface area is 195 Å². The van der Waals surface area contributed by atoms with Gasteiger partial charge in [0.2, 0.25) is 0 Å². The number of aryl methyl sites for hydroxylation is 1. The first-order chi connectivity index (χ1) is 15.8. The quantitative estimate of drug-likeness (QED) is 0.229. The Bertz CT molecular complexity index is 1290. The SMILES string of the molecule is Cc1csc(Sc2ccc([N+](=O)[O-])cc2C(=O)OCC(=O)c2ccc3c(c2)NC(=O)CO3)n1. The molecule has 3 aromatic rings. The van der Waals surface area contributed by atoms with E-state index < -0.39 is 23.3 Å². The number of non-ortho nitro benzene ring substituents is 1. The fourth-order valence-electron chi connectivity index (χ4n) is 2.90. The number of carbonyl (C=O) groups is 3. The maximum atomic E-state index is 12.7. The number of ketones is 1. The Balaban J connectivity index is 1.51. The lowest BCUT2D eigenvalue weighted by atomic mass is 10.1. The van der Waals surface area contributed by atoms with Gasteiger partial charge < -0.3 is 14.8 Å². The van der Waals surface area contributed by atoms with Crippen LogP contribution in [-0.4, -0.2) is 40.8 Å². The van der Waals surface area contributed by atoms with E-state index >= 15 is 0 Å². The average molecular weight is 485 g/mol. The Morgan fingerprint density at radius 1 is 1.30 bits per heavy atom. The summed E-state index contributed by atoms with van der Waals surface area (Å²) in [6.07, 6.45) is 0. The van der Waals surface area contributed by atoms with Crippen molar-refractivity contribution in [1.29, 1.82) is 0 Å². The Morgan fingerprint density at radius 3 is 2.85 bits per heavy atom. The molecule has 10 nitrogen and oxygen atoms in total. The summed E-state index contributed by atoms with van der Waals surface area (Å²) in [5.74, 6) is -1.30. The van der Waals surface area contributed by atoms with Crippen molar-refractivity contribution in [2.75, 3.05) is 18.5 Å². The molecule has 1 aromatic heterocycles. The van der Waals surface area contributed by atoms with E-state index in [9.17, 15) is 24.5 Å². The van der Waals surface area contributed by atoms with Crippen molar-refractivity contribution in [1.82, 2.24) is 4.98 Å². The second-order valence-corrected chi connectivity index (χ2v) is 8.99. The van der Waals surface area contributed by atoms with Crippen molar-refractivity contribution in [3.05, 3.63) is 68.7 Å². The van der Waals surface area contributed by atoms with Gasteiger partial charge in [0, 0.05) is 33.7 Å². The van der Waals surface area contributed by atoms with Gasteiger partial charge in [0.1, 0.15) is 5.75 Å². The van der Waals surface area contributed by atoms with Gasteiger partial charge in [-0.05, 0) is 31.2 Å². The fourth-order valence-corrected chi connectivity index (χ4v) is 4.80. The summed E-state index contributed by atoms with van der Waals surface area (Å²) in [5, 5.41) is 15.6. The van der Waals surface area contributed by atoms with Crippen LogP contribution in [0, 0.1) is 17.0 Å². The van der Waals surface area contributed by atoms with E-state index in [-0.39, 0.29) is 29.3 Å². The fraction of sp³-hybridized carbons (Fsp3) is 0.143. The van der Waals surface area contributed by atoms with E-state index in [1.807, 2.05) is 12.3 Å². The molecule has 1 amide bonds. The average Bonchev–Trinajstić information content (AvgIpc) is 3.21. The molecule has 0 aliphatic carbocycles. The standard InChI is InChI=1S/C21H15N3O7S2/c1-11-10-32-21(22-11)33-18-5-3-13(24(28)29)7-14(18)20(27)31-8-16(25)12-2-4-17-15(6-12)23-19(26)9-30-17/h2-7,10H,8-9H2,1H3,(H,23,26). The molecule has 2 heterocycles. The van der Waals surface area contributed by atoms with Crippen molar-refractivity contribution in [2.45, 2.75) is 16.2 Å². The van der Waals surface area contributed by atoms with E-state index in [0.29, 0.717) is 20.7 Å². The monoisotopic (exact) mass is 485 g/mol. The molecule has 1 aliphatic heterocycles. The predicted molar refractivity (Wildman–Crippen MR) is 119 cm³/mol. The highest BCUT2D eigenvalue weighted by molar-refractivity contribution is 8.01. The number of thiazole rings is 1. The van der Waals surface area contributed by atoms with Crippen LogP contribution in [0.1, 0.15) is 26.4 Å². The van der Waals surface area contributed by atoms with Crippen molar-refractivity contribution >= 4 is 52.1 Å². The molecular formula is C21H15N3O7S2. The normalized spacial score (nSPS) is 12.3. The number of hydrogen-bond acceptors (Lipinski definition) is 10. The highest BCUT2D eigenvalue weighted by Gasteiger charge is 2.22. The molecule has 4 rings (SSSR count). The topological polar surface area (TPSA) is 138 Å². The van der Waals surface area contributed by atoms with Crippen LogP contribution in [0.3, 0.4) is 0 Å². The number of fused-ring (bicyclic) bond motifs is 1. The van der Waals surface area contributed by atoms with Crippen LogP contribution in [-0.2, 0) is 9.53 Å². The van der Waals surface area contributed by atoms with Gasteiger partial charge in [-0.3, -0.25) is 19.7 Å². The molecule has 0 unspecified atom stereocenters. The number of nitro groups is 1. The van der Waals surface area contributed by atoms with E-state index in [1.54, 1.807) is 0 Å². The number of nitro benzene ring substituents is 1. The highest BCUT2D eigenvalue weighted by atomic mass is 32.2.